The van der Waals surface area contributed by atoms with Crippen molar-refractivity contribution in [3.05, 3.63) is 24.2 Å². The van der Waals surface area contributed by atoms with Gasteiger partial charge in [0.05, 0.1) is 31.5 Å². The number of cyclic esters (lactones) is 1. The second-order valence-corrected chi connectivity index (χ2v) is 8.95. The molecule has 7 atom stereocenters. The molecular formula is C21H26O7. The fraction of sp³-hybridized carbons (Fsp3) is 0.667. The van der Waals surface area contributed by atoms with Crippen molar-refractivity contribution in [2.45, 2.75) is 51.7 Å². The van der Waals surface area contributed by atoms with Gasteiger partial charge in [0, 0.05) is 11.5 Å². The number of hydrogen-bond acceptors (Lipinski definition) is 7. The minimum Gasteiger partial charge on any atom is -0.472 e. The molecule has 0 amide bonds. The van der Waals surface area contributed by atoms with Gasteiger partial charge >= 0.3 is 11.9 Å². The second-order valence-electron chi connectivity index (χ2n) is 8.95. The Bertz CT molecular complexity index is 800. The largest absolute Gasteiger partial charge is 0.472 e. The van der Waals surface area contributed by atoms with E-state index in [1.807, 2.05) is 13.8 Å². The van der Waals surface area contributed by atoms with Gasteiger partial charge in [-0.1, -0.05) is 13.8 Å². The number of aliphatic hydroxyl groups excluding tert-OH is 1. The average molecular weight is 390 g/mol. The molecule has 0 aromatic carbocycles. The van der Waals surface area contributed by atoms with Crippen LogP contribution in [0.25, 0.3) is 0 Å². The molecule has 28 heavy (non-hydrogen) atoms. The zero-order valence-corrected chi connectivity index (χ0v) is 16.3. The Morgan fingerprint density at radius 2 is 2.04 bits per heavy atom. The zero-order valence-electron chi connectivity index (χ0n) is 16.3. The van der Waals surface area contributed by atoms with Gasteiger partial charge in [-0.05, 0) is 42.6 Å². The number of aliphatic hydroxyl groups is 1. The maximum absolute atomic E-state index is 13.2. The molecule has 7 nitrogen and oxygen atoms in total. The van der Waals surface area contributed by atoms with Crippen LogP contribution in [0, 0.1) is 28.6 Å². The maximum atomic E-state index is 13.2. The molecule has 0 radical (unpaired) electrons. The monoisotopic (exact) mass is 390 g/mol. The highest BCUT2D eigenvalue weighted by molar-refractivity contribution is 5.91. The molecule has 1 saturated heterocycles. The van der Waals surface area contributed by atoms with Gasteiger partial charge in [0.1, 0.15) is 12.2 Å². The molecule has 3 fully saturated rings. The van der Waals surface area contributed by atoms with E-state index in [-0.39, 0.29) is 18.2 Å². The zero-order chi connectivity index (χ0) is 20.3. The van der Waals surface area contributed by atoms with Gasteiger partial charge < -0.3 is 19.0 Å². The van der Waals surface area contributed by atoms with Crippen LogP contribution < -0.4 is 0 Å². The summed E-state index contributed by atoms with van der Waals surface area (Å²) < 4.78 is 15.8. The van der Waals surface area contributed by atoms with E-state index in [0.29, 0.717) is 19.3 Å². The molecule has 0 unspecified atom stereocenters. The molecule has 4 rings (SSSR count). The third-order valence-electron chi connectivity index (χ3n) is 7.52. The topological polar surface area (TPSA) is 103 Å². The summed E-state index contributed by atoms with van der Waals surface area (Å²) in [5.41, 5.74) is -0.656. The lowest BCUT2D eigenvalue weighted by Crippen LogP contribution is -2.64. The number of carbonyl (C=O) groups is 3. The minimum absolute atomic E-state index is 0.0643. The molecule has 0 bridgehead atoms. The van der Waals surface area contributed by atoms with Crippen molar-refractivity contribution >= 4 is 17.7 Å². The van der Waals surface area contributed by atoms with Crippen LogP contribution in [0.4, 0.5) is 0 Å². The number of methoxy groups -OCH3 is 1. The number of ketones is 1. The maximum Gasteiger partial charge on any atom is 0.310 e. The SMILES string of the molecule is COC(=O)[C@@H]1C[C@H](O)C(=O)[C@H]2[C@]1(C)CC[C@H]1C(=O)O[C@H](c3ccoc3)C[C@]21C. The first-order valence-electron chi connectivity index (χ1n) is 9.74. The average Bonchev–Trinajstić information content (AvgIpc) is 3.18. The van der Waals surface area contributed by atoms with Gasteiger partial charge in [-0.3, -0.25) is 14.4 Å². The predicted molar refractivity (Wildman–Crippen MR) is 95.7 cm³/mol. The summed E-state index contributed by atoms with van der Waals surface area (Å²) in [6.07, 6.45) is 2.88. The summed E-state index contributed by atoms with van der Waals surface area (Å²) in [6.45, 7) is 3.86. The molecule has 1 aromatic rings. The standard InChI is InChI=1S/C21H26O7/c1-20-6-4-12-19(25)28-15(11-5-7-27-10-11)9-21(12,2)17(20)16(23)14(22)8-13(20)18(24)26-3/h5,7,10,12-15,17,22H,4,6,8-9H2,1-3H3/t12-,13-,14-,15-,17-,20+,21-/m0/s1. The Labute approximate surface area is 163 Å². The molecule has 1 aliphatic heterocycles. The molecule has 2 heterocycles. The van der Waals surface area contributed by atoms with Crippen molar-refractivity contribution in [3.8, 4) is 0 Å². The van der Waals surface area contributed by atoms with E-state index in [0.717, 1.165) is 5.56 Å². The summed E-state index contributed by atoms with van der Waals surface area (Å²) in [4.78, 5) is 38.6. The summed E-state index contributed by atoms with van der Waals surface area (Å²) in [6, 6.07) is 1.75. The molecule has 1 aromatic heterocycles. The summed E-state index contributed by atoms with van der Waals surface area (Å²) in [5.74, 6) is -2.68. The number of ether oxygens (including phenoxy) is 2. The van der Waals surface area contributed by atoms with Crippen molar-refractivity contribution in [1.29, 1.82) is 0 Å². The predicted octanol–water partition coefficient (Wildman–Crippen LogP) is 2.43. The lowest BCUT2D eigenvalue weighted by atomic mass is 9.43. The first kappa shape index (κ1) is 19.2. The van der Waals surface area contributed by atoms with E-state index in [9.17, 15) is 19.5 Å². The smallest absolute Gasteiger partial charge is 0.310 e. The van der Waals surface area contributed by atoms with E-state index in [1.54, 1.807) is 12.3 Å². The van der Waals surface area contributed by atoms with Gasteiger partial charge in [-0.25, -0.2) is 0 Å². The Kier molecular flexibility index (Phi) is 4.41. The Morgan fingerprint density at radius 1 is 1.29 bits per heavy atom. The highest BCUT2D eigenvalue weighted by atomic mass is 16.5. The van der Waals surface area contributed by atoms with Crippen LogP contribution in [0.1, 0.15) is 51.2 Å². The highest BCUT2D eigenvalue weighted by Gasteiger charge is 2.67. The Hall–Kier alpha value is -2.15. The number of furan rings is 1. The summed E-state index contributed by atoms with van der Waals surface area (Å²) in [7, 11) is 1.32. The number of carbonyl (C=O) groups excluding carboxylic acids is 3. The van der Waals surface area contributed by atoms with Crippen LogP contribution in [0.3, 0.4) is 0 Å². The second kappa shape index (κ2) is 6.44. The third kappa shape index (κ3) is 2.55. The van der Waals surface area contributed by atoms with E-state index in [1.165, 1.54) is 13.4 Å². The van der Waals surface area contributed by atoms with Gasteiger partial charge in [-0.15, -0.1) is 0 Å². The first-order chi connectivity index (χ1) is 13.2. The van der Waals surface area contributed by atoms with Crippen LogP contribution >= 0.6 is 0 Å². The van der Waals surface area contributed by atoms with Crippen molar-refractivity contribution in [3.63, 3.8) is 0 Å². The quantitative estimate of drug-likeness (QED) is 0.774. The van der Waals surface area contributed by atoms with Crippen LogP contribution in [0.15, 0.2) is 23.0 Å². The number of hydrogen-bond donors (Lipinski definition) is 1. The summed E-state index contributed by atoms with van der Waals surface area (Å²) >= 11 is 0. The highest BCUT2D eigenvalue weighted by Crippen LogP contribution is 2.64. The van der Waals surface area contributed by atoms with Crippen LogP contribution in [0.5, 0.6) is 0 Å². The van der Waals surface area contributed by atoms with Crippen molar-refractivity contribution in [1.82, 2.24) is 0 Å². The molecular weight excluding hydrogens is 364 g/mol. The molecule has 0 spiro atoms. The van der Waals surface area contributed by atoms with Crippen LogP contribution in [-0.2, 0) is 23.9 Å². The van der Waals surface area contributed by atoms with E-state index < -0.39 is 46.8 Å². The van der Waals surface area contributed by atoms with Gasteiger partial charge in [0.2, 0.25) is 0 Å². The lowest BCUT2D eigenvalue weighted by molar-refractivity contribution is -0.207. The van der Waals surface area contributed by atoms with Crippen molar-refractivity contribution in [2.75, 3.05) is 7.11 Å². The molecule has 2 saturated carbocycles. The number of Topliss-reactive ketones (excluding diaryl/α,β-unsaturated/α-hetero) is 1. The number of fused-ring (bicyclic) bond motifs is 3. The third-order valence-corrected chi connectivity index (χ3v) is 7.52. The fourth-order valence-corrected chi connectivity index (χ4v) is 6.17. The Balaban J connectivity index is 1.79. The number of esters is 2. The summed E-state index contributed by atoms with van der Waals surface area (Å²) in [5, 5.41) is 10.5. The Morgan fingerprint density at radius 3 is 2.68 bits per heavy atom. The molecule has 152 valence electrons. The molecule has 7 heteroatoms. The van der Waals surface area contributed by atoms with Crippen molar-refractivity contribution in [2.24, 2.45) is 28.6 Å². The van der Waals surface area contributed by atoms with E-state index in [4.69, 9.17) is 13.9 Å². The van der Waals surface area contributed by atoms with E-state index >= 15 is 0 Å². The molecule has 1 N–H and O–H groups in total. The fourth-order valence-electron chi connectivity index (χ4n) is 6.17. The first-order valence-corrected chi connectivity index (χ1v) is 9.74. The van der Waals surface area contributed by atoms with Gasteiger partial charge in [0.15, 0.2) is 5.78 Å². The van der Waals surface area contributed by atoms with Crippen LogP contribution in [0.2, 0.25) is 0 Å². The van der Waals surface area contributed by atoms with E-state index in [2.05, 4.69) is 0 Å². The molecule has 2 aliphatic carbocycles. The van der Waals surface area contributed by atoms with Gasteiger partial charge in [-0.2, -0.15) is 0 Å². The normalized spacial score (nSPS) is 42.9. The van der Waals surface area contributed by atoms with Gasteiger partial charge in [0.25, 0.3) is 0 Å². The lowest BCUT2D eigenvalue weighted by Gasteiger charge is -2.60. The number of rotatable bonds is 2. The minimum atomic E-state index is -1.23. The molecule has 3 aliphatic rings. The van der Waals surface area contributed by atoms with Crippen molar-refractivity contribution < 1.29 is 33.4 Å². The van der Waals surface area contributed by atoms with Crippen LogP contribution in [-0.4, -0.2) is 36.0 Å².